The lowest BCUT2D eigenvalue weighted by atomic mass is 9.86. The molecule has 3 atom stereocenters. The van der Waals surface area contributed by atoms with Crippen LogP contribution in [0, 0.1) is 17.8 Å². The van der Waals surface area contributed by atoms with Gasteiger partial charge in [0.15, 0.2) is 0 Å². The first-order valence-corrected chi connectivity index (χ1v) is 9.15. The summed E-state index contributed by atoms with van der Waals surface area (Å²) >= 11 is 0. The molecule has 1 N–H and O–H groups in total. The summed E-state index contributed by atoms with van der Waals surface area (Å²) < 4.78 is 0. The molecule has 2 bridgehead atoms. The molecule has 3 unspecified atom stereocenters. The molecular formula is C20H30N2O. The predicted octanol–water partition coefficient (Wildman–Crippen LogP) is 3.63. The molecule has 3 rings (SSSR count). The molecule has 1 amide bonds. The maximum absolute atomic E-state index is 12.1. The number of fused-ring (bicyclic) bond motifs is 2. The van der Waals surface area contributed by atoms with Gasteiger partial charge >= 0.3 is 0 Å². The molecule has 2 aliphatic carbocycles. The van der Waals surface area contributed by atoms with Crippen molar-refractivity contribution >= 4 is 11.6 Å². The Hall–Kier alpha value is -1.51. The lowest BCUT2D eigenvalue weighted by molar-refractivity contribution is -0.122. The van der Waals surface area contributed by atoms with E-state index in [9.17, 15) is 4.79 Å². The summed E-state index contributed by atoms with van der Waals surface area (Å²) in [4.78, 5) is 14.2. The number of carbonyl (C=O) groups is 1. The Balaban J connectivity index is 1.32. The van der Waals surface area contributed by atoms with Crippen molar-refractivity contribution < 1.29 is 4.79 Å². The van der Waals surface area contributed by atoms with Crippen LogP contribution in [0.4, 0.5) is 5.69 Å². The maximum Gasteiger partial charge on any atom is 0.220 e. The standard InChI is InChI=1S/C20H30N2O/c1-22(2)19-9-6-15(7-10-19)4-3-11-21-20(23)14-18-13-16-5-8-17(18)12-16/h6-7,9-10,16-18H,3-5,8,11-14H2,1-2H3,(H,21,23). The second-order valence-electron chi connectivity index (χ2n) is 7.65. The number of nitrogens with one attached hydrogen (secondary N) is 1. The van der Waals surface area contributed by atoms with E-state index in [2.05, 4.69) is 48.6 Å². The summed E-state index contributed by atoms with van der Waals surface area (Å²) in [5.74, 6) is 2.72. The number of aryl methyl sites for hydroxylation is 1. The molecule has 3 nitrogen and oxygen atoms in total. The van der Waals surface area contributed by atoms with Gasteiger partial charge in [-0.3, -0.25) is 4.79 Å². The lowest BCUT2D eigenvalue weighted by Gasteiger charge is -2.20. The molecule has 2 fully saturated rings. The Labute approximate surface area is 140 Å². The third kappa shape index (κ3) is 4.27. The Morgan fingerprint density at radius 3 is 2.57 bits per heavy atom. The fraction of sp³-hybridized carbons (Fsp3) is 0.650. The number of hydrogen-bond donors (Lipinski definition) is 1. The molecule has 2 saturated carbocycles. The SMILES string of the molecule is CN(C)c1ccc(CCCNC(=O)CC2CC3CCC2C3)cc1. The second-order valence-corrected chi connectivity index (χ2v) is 7.65. The molecule has 23 heavy (non-hydrogen) atoms. The van der Waals surface area contributed by atoms with Gasteiger partial charge in [-0.05, 0) is 67.6 Å². The zero-order valence-corrected chi connectivity index (χ0v) is 14.6. The van der Waals surface area contributed by atoms with E-state index in [0.717, 1.165) is 37.6 Å². The normalized spacial score (nSPS) is 25.6. The van der Waals surface area contributed by atoms with Crippen molar-refractivity contribution in [1.82, 2.24) is 5.32 Å². The summed E-state index contributed by atoms with van der Waals surface area (Å²) in [5.41, 5.74) is 2.57. The van der Waals surface area contributed by atoms with E-state index in [0.29, 0.717) is 5.92 Å². The molecule has 126 valence electrons. The first kappa shape index (κ1) is 16.4. The van der Waals surface area contributed by atoms with Crippen LogP contribution in [0.5, 0.6) is 0 Å². The summed E-state index contributed by atoms with van der Waals surface area (Å²) in [6.07, 6.45) is 8.28. The largest absolute Gasteiger partial charge is 0.378 e. The lowest BCUT2D eigenvalue weighted by Crippen LogP contribution is -2.28. The highest BCUT2D eigenvalue weighted by molar-refractivity contribution is 5.76. The number of amides is 1. The van der Waals surface area contributed by atoms with Gasteiger partial charge in [0.05, 0.1) is 0 Å². The van der Waals surface area contributed by atoms with E-state index in [4.69, 9.17) is 0 Å². The molecule has 3 heteroatoms. The van der Waals surface area contributed by atoms with Crippen LogP contribution in [-0.4, -0.2) is 26.5 Å². The average Bonchev–Trinajstić information content (AvgIpc) is 3.15. The van der Waals surface area contributed by atoms with Gasteiger partial charge in [0.2, 0.25) is 5.91 Å². The molecule has 0 heterocycles. The van der Waals surface area contributed by atoms with Crippen molar-refractivity contribution in [2.75, 3.05) is 25.5 Å². The van der Waals surface area contributed by atoms with Crippen LogP contribution < -0.4 is 10.2 Å². The minimum Gasteiger partial charge on any atom is -0.378 e. The Morgan fingerprint density at radius 2 is 1.96 bits per heavy atom. The van der Waals surface area contributed by atoms with Gasteiger partial charge in [0, 0.05) is 32.7 Å². The number of anilines is 1. The first-order valence-electron chi connectivity index (χ1n) is 9.15. The minimum absolute atomic E-state index is 0.269. The van der Waals surface area contributed by atoms with Crippen LogP contribution in [0.25, 0.3) is 0 Å². The fourth-order valence-electron chi connectivity index (χ4n) is 4.42. The highest BCUT2D eigenvalue weighted by Crippen LogP contribution is 2.49. The first-order chi connectivity index (χ1) is 11.1. The number of benzene rings is 1. The molecule has 0 radical (unpaired) electrons. The van der Waals surface area contributed by atoms with Crippen molar-refractivity contribution in [1.29, 1.82) is 0 Å². The topological polar surface area (TPSA) is 32.3 Å². The Bertz CT molecular complexity index is 523. The fourth-order valence-corrected chi connectivity index (χ4v) is 4.42. The highest BCUT2D eigenvalue weighted by Gasteiger charge is 2.39. The molecule has 2 aliphatic rings. The van der Waals surface area contributed by atoms with E-state index in [1.165, 1.54) is 36.9 Å². The van der Waals surface area contributed by atoms with Crippen LogP contribution >= 0.6 is 0 Å². The van der Waals surface area contributed by atoms with Crippen molar-refractivity contribution in [2.45, 2.75) is 44.9 Å². The smallest absolute Gasteiger partial charge is 0.220 e. The Kier molecular flexibility index (Phi) is 5.24. The highest BCUT2D eigenvalue weighted by atomic mass is 16.1. The maximum atomic E-state index is 12.1. The number of hydrogen-bond acceptors (Lipinski definition) is 2. The molecule has 1 aromatic rings. The third-order valence-corrected chi connectivity index (χ3v) is 5.75. The van der Waals surface area contributed by atoms with Crippen LogP contribution in [0.3, 0.4) is 0 Å². The van der Waals surface area contributed by atoms with Gasteiger partial charge in [-0.25, -0.2) is 0 Å². The van der Waals surface area contributed by atoms with Gasteiger partial charge in [0.25, 0.3) is 0 Å². The number of rotatable bonds is 7. The average molecular weight is 314 g/mol. The van der Waals surface area contributed by atoms with Crippen molar-refractivity contribution in [2.24, 2.45) is 17.8 Å². The van der Waals surface area contributed by atoms with E-state index in [1.807, 2.05) is 0 Å². The van der Waals surface area contributed by atoms with E-state index >= 15 is 0 Å². The zero-order chi connectivity index (χ0) is 16.2. The zero-order valence-electron chi connectivity index (χ0n) is 14.6. The number of nitrogens with zero attached hydrogens (tertiary/aromatic N) is 1. The van der Waals surface area contributed by atoms with Crippen LogP contribution in [-0.2, 0) is 11.2 Å². The van der Waals surface area contributed by atoms with Gasteiger partial charge in [0.1, 0.15) is 0 Å². The molecule has 0 aromatic heterocycles. The van der Waals surface area contributed by atoms with Crippen LogP contribution in [0.2, 0.25) is 0 Å². The van der Waals surface area contributed by atoms with Gasteiger partial charge in [-0.1, -0.05) is 18.6 Å². The minimum atomic E-state index is 0.269. The molecule has 0 saturated heterocycles. The van der Waals surface area contributed by atoms with Crippen LogP contribution in [0.1, 0.15) is 44.1 Å². The second kappa shape index (κ2) is 7.37. The molecule has 0 aliphatic heterocycles. The monoisotopic (exact) mass is 314 g/mol. The summed E-state index contributed by atoms with van der Waals surface area (Å²) in [6, 6.07) is 8.69. The van der Waals surface area contributed by atoms with E-state index in [-0.39, 0.29) is 5.91 Å². The van der Waals surface area contributed by atoms with Gasteiger partial charge in [-0.15, -0.1) is 0 Å². The van der Waals surface area contributed by atoms with Crippen LogP contribution in [0.15, 0.2) is 24.3 Å². The van der Waals surface area contributed by atoms with E-state index in [1.54, 1.807) is 0 Å². The summed E-state index contributed by atoms with van der Waals surface area (Å²) in [5, 5.41) is 3.12. The van der Waals surface area contributed by atoms with Crippen molar-refractivity contribution in [3.63, 3.8) is 0 Å². The molecular weight excluding hydrogens is 284 g/mol. The van der Waals surface area contributed by atoms with Gasteiger partial charge in [-0.2, -0.15) is 0 Å². The van der Waals surface area contributed by atoms with Crippen molar-refractivity contribution in [3.05, 3.63) is 29.8 Å². The molecule has 1 aromatic carbocycles. The molecule has 0 spiro atoms. The number of carbonyl (C=O) groups excluding carboxylic acids is 1. The van der Waals surface area contributed by atoms with E-state index < -0.39 is 0 Å². The summed E-state index contributed by atoms with van der Waals surface area (Å²) in [7, 11) is 4.11. The Morgan fingerprint density at radius 1 is 1.17 bits per heavy atom. The van der Waals surface area contributed by atoms with Gasteiger partial charge < -0.3 is 10.2 Å². The predicted molar refractivity (Wildman–Crippen MR) is 95.7 cm³/mol. The summed E-state index contributed by atoms with van der Waals surface area (Å²) in [6.45, 7) is 0.801. The van der Waals surface area contributed by atoms with Crippen molar-refractivity contribution in [3.8, 4) is 0 Å². The third-order valence-electron chi connectivity index (χ3n) is 5.75. The quantitative estimate of drug-likeness (QED) is 0.780.